The molecule has 0 heterocycles. The van der Waals surface area contributed by atoms with E-state index in [9.17, 15) is 4.79 Å². The van der Waals surface area contributed by atoms with Gasteiger partial charge in [0, 0.05) is 11.8 Å². The summed E-state index contributed by atoms with van der Waals surface area (Å²) in [7, 11) is 0. The Morgan fingerprint density at radius 3 is 2.62 bits per heavy atom. The second kappa shape index (κ2) is 9.73. The van der Waals surface area contributed by atoms with E-state index in [1.54, 1.807) is 0 Å². The van der Waals surface area contributed by atoms with Crippen molar-refractivity contribution in [2.75, 3.05) is 25.0 Å². The second-order valence-corrected chi connectivity index (χ2v) is 6.19. The number of benzene rings is 2. The predicted octanol–water partition coefficient (Wildman–Crippen LogP) is 3.49. The second-order valence-electron chi connectivity index (χ2n) is 6.19. The zero-order chi connectivity index (χ0) is 17.2. The van der Waals surface area contributed by atoms with Crippen LogP contribution in [0.3, 0.4) is 0 Å². The molecular weight excluding hydrogens is 300 g/mol. The van der Waals surface area contributed by atoms with E-state index in [2.05, 4.69) is 36.6 Å². The van der Waals surface area contributed by atoms with Crippen molar-refractivity contribution in [2.45, 2.75) is 20.3 Å². The molecule has 0 aliphatic carbocycles. The van der Waals surface area contributed by atoms with Crippen LogP contribution in [0.4, 0.5) is 5.69 Å². The summed E-state index contributed by atoms with van der Waals surface area (Å²) in [6.45, 7) is 5.94. The third-order valence-electron chi connectivity index (χ3n) is 3.42. The van der Waals surface area contributed by atoms with E-state index >= 15 is 0 Å². The van der Waals surface area contributed by atoms with E-state index < -0.39 is 0 Å². The average Bonchev–Trinajstić information content (AvgIpc) is 2.58. The molecule has 1 amide bonds. The Morgan fingerprint density at radius 2 is 1.88 bits per heavy atom. The van der Waals surface area contributed by atoms with Gasteiger partial charge in [-0.1, -0.05) is 50.2 Å². The molecule has 4 heteroatoms. The highest BCUT2D eigenvalue weighted by Crippen LogP contribution is 2.17. The molecule has 0 bridgehead atoms. The van der Waals surface area contributed by atoms with Crippen LogP contribution >= 0.6 is 0 Å². The van der Waals surface area contributed by atoms with Gasteiger partial charge < -0.3 is 15.4 Å². The Bertz CT molecular complexity index is 627. The molecule has 0 radical (unpaired) electrons. The van der Waals surface area contributed by atoms with Crippen molar-refractivity contribution in [3.05, 3.63) is 60.2 Å². The number of amides is 1. The normalized spacial score (nSPS) is 10.6. The van der Waals surface area contributed by atoms with Gasteiger partial charge in [-0.3, -0.25) is 4.79 Å². The third kappa shape index (κ3) is 6.84. The van der Waals surface area contributed by atoms with Crippen LogP contribution in [0.2, 0.25) is 0 Å². The number of hydrogen-bond donors (Lipinski definition) is 2. The molecule has 4 nitrogen and oxygen atoms in total. The highest BCUT2D eigenvalue weighted by Gasteiger charge is 2.04. The fraction of sp³-hybridized carbons (Fsp3) is 0.350. The Morgan fingerprint density at radius 1 is 1.08 bits per heavy atom. The molecule has 2 N–H and O–H groups in total. The average molecular weight is 326 g/mol. The monoisotopic (exact) mass is 326 g/mol. The molecule has 0 unspecified atom stereocenters. The van der Waals surface area contributed by atoms with Gasteiger partial charge in [-0.25, -0.2) is 0 Å². The van der Waals surface area contributed by atoms with Gasteiger partial charge in [0.15, 0.2) is 0 Å². The molecule has 0 aliphatic rings. The van der Waals surface area contributed by atoms with Gasteiger partial charge in [0.1, 0.15) is 5.75 Å². The van der Waals surface area contributed by atoms with Crippen LogP contribution < -0.4 is 15.4 Å². The maximum absolute atomic E-state index is 12.0. The Balaban J connectivity index is 1.71. The highest BCUT2D eigenvalue weighted by molar-refractivity contribution is 5.92. The lowest BCUT2D eigenvalue weighted by molar-refractivity contribution is -0.115. The maximum atomic E-state index is 12.0. The Kier molecular flexibility index (Phi) is 7.30. The smallest absolute Gasteiger partial charge is 0.238 e. The summed E-state index contributed by atoms with van der Waals surface area (Å²) in [5.41, 5.74) is 2.02. The van der Waals surface area contributed by atoms with Crippen molar-refractivity contribution in [1.29, 1.82) is 0 Å². The van der Waals surface area contributed by atoms with E-state index in [1.807, 2.05) is 42.5 Å². The molecule has 0 saturated carbocycles. The molecular formula is C20H26N2O2. The Labute approximate surface area is 144 Å². The minimum Gasteiger partial charge on any atom is -0.493 e. The summed E-state index contributed by atoms with van der Waals surface area (Å²) in [4.78, 5) is 12.0. The van der Waals surface area contributed by atoms with Crippen molar-refractivity contribution in [3.8, 4) is 5.75 Å². The largest absolute Gasteiger partial charge is 0.493 e. The molecule has 0 fully saturated rings. The summed E-state index contributed by atoms with van der Waals surface area (Å²) >= 11 is 0. The molecule has 2 aromatic rings. The van der Waals surface area contributed by atoms with Crippen molar-refractivity contribution < 1.29 is 9.53 Å². The first kappa shape index (κ1) is 18.0. The lowest BCUT2D eigenvalue weighted by Crippen LogP contribution is -2.29. The van der Waals surface area contributed by atoms with E-state index in [0.717, 1.165) is 24.4 Å². The standard InChI is InChI=1S/C20H26N2O2/c1-16(2)15-24-19-10-6-9-18(13-19)22-20(23)14-21-12-11-17-7-4-3-5-8-17/h3-10,13,16,21H,11-12,14-15H2,1-2H3,(H,22,23). The first-order chi connectivity index (χ1) is 11.6. The SMILES string of the molecule is CC(C)COc1cccc(NC(=O)CNCCc2ccccc2)c1. The van der Waals surface area contributed by atoms with Crippen LogP contribution in [-0.2, 0) is 11.2 Å². The van der Waals surface area contributed by atoms with Gasteiger partial charge in [-0.2, -0.15) is 0 Å². The summed E-state index contributed by atoms with van der Waals surface area (Å²) in [5, 5.41) is 6.05. The van der Waals surface area contributed by atoms with E-state index in [0.29, 0.717) is 19.1 Å². The maximum Gasteiger partial charge on any atom is 0.238 e. The zero-order valence-corrected chi connectivity index (χ0v) is 14.4. The van der Waals surface area contributed by atoms with E-state index in [4.69, 9.17) is 4.74 Å². The first-order valence-electron chi connectivity index (χ1n) is 8.41. The third-order valence-corrected chi connectivity index (χ3v) is 3.42. The van der Waals surface area contributed by atoms with Crippen LogP contribution in [0.15, 0.2) is 54.6 Å². The van der Waals surface area contributed by atoms with Crippen LogP contribution in [-0.4, -0.2) is 25.6 Å². The van der Waals surface area contributed by atoms with Crippen molar-refractivity contribution in [1.82, 2.24) is 5.32 Å². The molecule has 2 aromatic carbocycles. The fourth-order valence-corrected chi connectivity index (χ4v) is 2.21. The number of nitrogens with one attached hydrogen (secondary N) is 2. The molecule has 0 spiro atoms. The van der Waals surface area contributed by atoms with Gasteiger partial charge in [0.2, 0.25) is 5.91 Å². The topological polar surface area (TPSA) is 50.4 Å². The Hall–Kier alpha value is -2.33. The van der Waals surface area contributed by atoms with Crippen molar-refractivity contribution in [3.63, 3.8) is 0 Å². The van der Waals surface area contributed by atoms with Gasteiger partial charge in [-0.15, -0.1) is 0 Å². The van der Waals surface area contributed by atoms with Gasteiger partial charge in [0.05, 0.1) is 13.2 Å². The number of ether oxygens (including phenoxy) is 1. The number of carbonyl (C=O) groups excluding carboxylic acids is 1. The minimum atomic E-state index is -0.0518. The predicted molar refractivity (Wildman–Crippen MR) is 98.4 cm³/mol. The lowest BCUT2D eigenvalue weighted by Gasteiger charge is -2.11. The van der Waals surface area contributed by atoms with Crippen LogP contribution in [0.1, 0.15) is 19.4 Å². The molecule has 24 heavy (non-hydrogen) atoms. The van der Waals surface area contributed by atoms with Gasteiger partial charge in [-0.05, 0) is 36.6 Å². The fourth-order valence-electron chi connectivity index (χ4n) is 2.21. The minimum absolute atomic E-state index is 0.0518. The van der Waals surface area contributed by atoms with Crippen LogP contribution in [0.5, 0.6) is 5.75 Å². The summed E-state index contributed by atoms with van der Waals surface area (Å²) in [6, 6.07) is 17.7. The molecule has 0 atom stereocenters. The first-order valence-corrected chi connectivity index (χ1v) is 8.41. The zero-order valence-electron chi connectivity index (χ0n) is 14.4. The molecule has 0 aliphatic heterocycles. The highest BCUT2D eigenvalue weighted by atomic mass is 16.5. The molecule has 2 rings (SSSR count). The number of hydrogen-bond acceptors (Lipinski definition) is 3. The number of carbonyl (C=O) groups is 1. The van der Waals surface area contributed by atoms with Gasteiger partial charge >= 0.3 is 0 Å². The van der Waals surface area contributed by atoms with Crippen molar-refractivity contribution >= 4 is 11.6 Å². The lowest BCUT2D eigenvalue weighted by atomic mass is 10.1. The number of anilines is 1. The number of rotatable bonds is 9. The molecule has 0 aromatic heterocycles. The summed E-state index contributed by atoms with van der Waals surface area (Å²) in [6.07, 6.45) is 0.909. The van der Waals surface area contributed by atoms with Crippen LogP contribution in [0, 0.1) is 5.92 Å². The quantitative estimate of drug-likeness (QED) is 0.694. The summed E-state index contributed by atoms with van der Waals surface area (Å²) in [5.74, 6) is 1.19. The molecule has 0 saturated heterocycles. The van der Waals surface area contributed by atoms with Crippen molar-refractivity contribution in [2.24, 2.45) is 5.92 Å². The van der Waals surface area contributed by atoms with Crippen LogP contribution in [0.25, 0.3) is 0 Å². The molecule has 128 valence electrons. The van der Waals surface area contributed by atoms with Gasteiger partial charge in [0.25, 0.3) is 0 Å². The summed E-state index contributed by atoms with van der Waals surface area (Å²) < 4.78 is 5.67. The van der Waals surface area contributed by atoms with E-state index in [-0.39, 0.29) is 5.91 Å². The van der Waals surface area contributed by atoms with E-state index in [1.165, 1.54) is 5.56 Å².